The van der Waals surface area contributed by atoms with Gasteiger partial charge in [0.25, 0.3) is 0 Å². The predicted molar refractivity (Wildman–Crippen MR) is 86.3 cm³/mol. The fourth-order valence-corrected chi connectivity index (χ4v) is 3.88. The largest absolute Gasteiger partial charge is 0.377 e. The number of thiazole rings is 1. The molecule has 0 bridgehead atoms. The van der Waals surface area contributed by atoms with Gasteiger partial charge in [-0.05, 0) is 18.5 Å². The standard InChI is InChI=1S/C13H15ClN4OS2/c1-9-7-19-4-3-18(9)11-6-10(16-12(14)17-11)8-21-13-15-2-5-20-13/h2,5-6,9H,3-4,7-8H2,1H3. The molecule has 5 nitrogen and oxygen atoms in total. The predicted octanol–water partition coefficient (Wildman–Crippen LogP) is 3.10. The van der Waals surface area contributed by atoms with Crippen molar-refractivity contribution in [2.45, 2.75) is 23.1 Å². The maximum atomic E-state index is 6.08. The lowest BCUT2D eigenvalue weighted by molar-refractivity contribution is 0.0985. The fraction of sp³-hybridized carbons (Fsp3) is 0.462. The zero-order valence-electron chi connectivity index (χ0n) is 11.5. The molecule has 1 unspecified atom stereocenters. The van der Waals surface area contributed by atoms with E-state index >= 15 is 0 Å². The minimum absolute atomic E-state index is 0.293. The topological polar surface area (TPSA) is 51.1 Å². The average Bonchev–Trinajstić information content (AvgIpc) is 2.98. The first-order chi connectivity index (χ1) is 10.2. The second-order valence-electron chi connectivity index (χ2n) is 4.69. The van der Waals surface area contributed by atoms with Crippen molar-refractivity contribution in [3.63, 3.8) is 0 Å². The van der Waals surface area contributed by atoms with Crippen LogP contribution in [0.4, 0.5) is 5.82 Å². The molecule has 3 rings (SSSR count). The molecule has 2 aromatic heterocycles. The molecular weight excluding hydrogens is 328 g/mol. The second kappa shape index (κ2) is 6.91. The molecule has 0 aliphatic carbocycles. The monoisotopic (exact) mass is 342 g/mol. The van der Waals surface area contributed by atoms with Crippen molar-refractivity contribution in [3.05, 3.63) is 28.6 Å². The summed E-state index contributed by atoms with van der Waals surface area (Å²) in [6.45, 7) is 4.38. The first-order valence-corrected chi connectivity index (χ1v) is 8.87. The van der Waals surface area contributed by atoms with Gasteiger partial charge in [-0.15, -0.1) is 11.3 Å². The van der Waals surface area contributed by atoms with Crippen LogP contribution in [0.1, 0.15) is 12.6 Å². The molecule has 21 heavy (non-hydrogen) atoms. The number of rotatable bonds is 4. The highest BCUT2D eigenvalue weighted by Crippen LogP contribution is 2.26. The summed E-state index contributed by atoms with van der Waals surface area (Å²) in [7, 11) is 0. The highest BCUT2D eigenvalue weighted by atomic mass is 35.5. The Labute approximate surface area is 136 Å². The number of morpholine rings is 1. The quantitative estimate of drug-likeness (QED) is 0.628. The number of hydrogen-bond donors (Lipinski definition) is 0. The number of hydrogen-bond acceptors (Lipinski definition) is 7. The SMILES string of the molecule is CC1COCCN1c1cc(CSc2nccs2)nc(Cl)n1. The van der Waals surface area contributed by atoms with Crippen molar-refractivity contribution in [2.24, 2.45) is 0 Å². The first kappa shape index (κ1) is 15.0. The van der Waals surface area contributed by atoms with Gasteiger partial charge in [-0.3, -0.25) is 0 Å². The van der Waals surface area contributed by atoms with Crippen LogP contribution in [0.25, 0.3) is 0 Å². The number of aromatic nitrogens is 3. The maximum Gasteiger partial charge on any atom is 0.224 e. The Bertz CT molecular complexity index is 596. The summed E-state index contributed by atoms with van der Waals surface area (Å²) < 4.78 is 6.49. The molecule has 112 valence electrons. The van der Waals surface area contributed by atoms with Gasteiger partial charge in [-0.25, -0.2) is 15.0 Å². The van der Waals surface area contributed by atoms with Gasteiger partial charge in [0.1, 0.15) is 10.2 Å². The molecule has 0 radical (unpaired) electrons. The van der Waals surface area contributed by atoms with Crippen LogP contribution in [0, 0.1) is 0 Å². The molecule has 0 aromatic carbocycles. The smallest absolute Gasteiger partial charge is 0.224 e. The number of nitrogens with zero attached hydrogens (tertiary/aromatic N) is 4. The number of thioether (sulfide) groups is 1. The van der Waals surface area contributed by atoms with E-state index in [9.17, 15) is 0 Å². The van der Waals surface area contributed by atoms with Gasteiger partial charge in [0.2, 0.25) is 5.28 Å². The van der Waals surface area contributed by atoms with Crippen LogP contribution >= 0.6 is 34.7 Å². The van der Waals surface area contributed by atoms with Crippen LogP contribution in [0.15, 0.2) is 22.0 Å². The first-order valence-electron chi connectivity index (χ1n) is 6.62. The summed E-state index contributed by atoms with van der Waals surface area (Å²) in [6.07, 6.45) is 1.81. The Morgan fingerprint density at radius 1 is 1.52 bits per heavy atom. The van der Waals surface area contributed by atoms with E-state index in [4.69, 9.17) is 16.3 Å². The van der Waals surface area contributed by atoms with Crippen LogP contribution in [-0.2, 0) is 10.5 Å². The summed E-state index contributed by atoms with van der Waals surface area (Å²) in [5.74, 6) is 1.61. The normalized spacial score (nSPS) is 19.0. The van der Waals surface area contributed by atoms with E-state index in [2.05, 4.69) is 26.8 Å². The number of anilines is 1. The third-order valence-corrected chi connectivity index (χ3v) is 5.32. The van der Waals surface area contributed by atoms with E-state index in [1.54, 1.807) is 29.3 Å². The van der Waals surface area contributed by atoms with Crippen molar-refractivity contribution in [2.75, 3.05) is 24.7 Å². The summed E-state index contributed by atoms with van der Waals surface area (Å²) in [6, 6.07) is 2.30. The molecule has 8 heteroatoms. The van der Waals surface area contributed by atoms with Gasteiger partial charge in [0.15, 0.2) is 0 Å². The van der Waals surface area contributed by atoms with E-state index in [1.807, 2.05) is 11.4 Å². The van der Waals surface area contributed by atoms with Crippen LogP contribution < -0.4 is 4.90 Å². The minimum Gasteiger partial charge on any atom is -0.377 e. The molecule has 1 atom stereocenters. The zero-order valence-corrected chi connectivity index (χ0v) is 13.9. The van der Waals surface area contributed by atoms with Gasteiger partial charge >= 0.3 is 0 Å². The summed E-state index contributed by atoms with van der Waals surface area (Å²) in [5, 5.41) is 2.26. The second-order valence-corrected chi connectivity index (χ2v) is 7.15. The van der Waals surface area contributed by atoms with Gasteiger partial charge in [-0.2, -0.15) is 0 Å². The Hall–Kier alpha value is -0.890. The van der Waals surface area contributed by atoms with E-state index in [0.717, 1.165) is 34.8 Å². The molecule has 1 saturated heterocycles. The van der Waals surface area contributed by atoms with Gasteiger partial charge < -0.3 is 9.64 Å². The van der Waals surface area contributed by atoms with Crippen molar-refractivity contribution in [3.8, 4) is 0 Å². The third-order valence-electron chi connectivity index (χ3n) is 3.15. The summed E-state index contributed by atoms with van der Waals surface area (Å²) in [5.41, 5.74) is 0.920. The lowest BCUT2D eigenvalue weighted by Gasteiger charge is -2.34. The Kier molecular flexibility index (Phi) is 4.95. The molecule has 0 N–H and O–H groups in total. The molecule has 0 spiro atoms. The lowest BCUT2D eigenvalue weighted by atomic mass is 10.2. The molecule has 0 amide bonds. The Balaban J connectivity index is 1.75. The molecular formula is C13H15ClN4OS2. The molecule has 0 saturated carbocycles. The molecule has 1 fully saturated rings. The minimum atomic E-state index is 0.293. The molecule has 3 heterocycles. The summed E-state index contributed by atoms with van der Waals surface area (Å²) >= 11 is 9.36. The van der Waals surface area contributed by atoms with Crippen molar-refractivity contribution in [1.29, 1.82) is 0 Å². The van der Waals surface area contributed by atoms with Gasteiger partial charge in [0.05, 0.1) is 24.9 Å². The van der Waals surface area contributed by atoms with E-state index in [-0.39, 0.29) is 0 Å². The van der Waals surface area contributed by atoms with E-state index in [1.165, 1.54) is 0 Å². The zero-order chi connectivity index (χ0) is 14.7. The Morgan fingerprint density at radius 3 is 3.19 bits per heavy atom. The van der Waals surface area contributed by atoms with Gasteiger partial charge in [-0.1, -0.05) is 11.8 Å². The van der Waals surface area contributed by atoms with Crippen LogP contribution in [-0.4, -0.2) is 40.8 Å². The lowest BCUT2D eigenvalue weighted by Crippen LogP contribution is -2.44. The fourth-order valence-electron chi connectivity index (χ4n) is 2.16. The third kappa shape index (κ3) is 3.85. The van der Waals surface area contributed by atoms with Crippen LogP contribution in [0.5, 0.6) is 0 Å². The number of halogens is 1. The van der Waals surface area contributed by atoms with E-state index in [0.29, 0.717) is 17.9 Å². The highest BCUT2D eigenvalue weighted by Gasteiger charge is 2.21. The summed E-state index contributed by atoms with van der Waals surface area (Å²) in [4.78, 5) is 15.1. The van der Waals surface area contributed by atoms with Crippen LogP contribution in [0.3, 0.4) is 0 Å². The van der Waals surface area contributed by atoms with E-state index < -0.39 is 0 Å². The van der Waals surface area contributed by atoms with Crippen molar-refractivity contribution < 1.29 is 4.74 Å². The highest BCUT2D eigenvalue weighted by molar-refractivity contribution is 8.00. The van der Waals surface area contributed by atoms with Crippen LogP contribution in [0.2, 0.25) is 5.28 Å². The van der Waals surface area contributed by atoms with Crippen molar-refractivity contribution in [1.82, 2.24) is 15.0 Å². The maximum absolute atomic E-state index is 6.08. The average molecular weight is 343 g/mol. The number of ether oxygens (including phenoxy) is 1. The molecule has 2 aromatic rings. The van der Waals surface area contributed by atoms with Gasteiger partial charge in [0, 0.05) is 29.9 Å². The molecule has 1 aliphatic heterocycles. The molecule has 1 aliphatic rings. The van der Waals surface area contributed by atoms with Crippen molar-refractivity contribution >= 4 is 40.5 Å². The Morgan fingerprint density at radius 2 is 2.43 bits per heavy atom.